The van der Waals surface area contributed by atoms with E-state index in [1.807, 2.05) is 0 Å². The van der Waals surface area contributed by atoms with E-state index in [0.717, 1.165) is 18.9 Å². The second-order valence-corrected chi connectivity index (χ2v) is 4.54. The van der Waals surface area contributed by atoms with Gasteiger partial charge in [-0.1, -0.05) is 19.6 Å². The number of hydrogen-bond donors (Lipinski definition) is 1. The highest BCUT2D eigenvalue weighted by atomic mass is 16.5. The normalized spacial score (nSPS) is 14.5. The van der Waals surface area contributed by atoms with E-state index in [9.17, 15) is 9.59 Å². The quantitative estimate of drug-likeness (QED) is 0.618. The molecule has 0 bridgehead atoms. The van der Waals surface area contributed by atoms with Gasteiger partial charge in [-0.3, -0.25) is 0 Å². The molecule has 1 saturated carbocycles. The molecule has 0 radical (unpaired) electrons. The Kier molecular flexibility index (Phi) is 10.3. The van der Waals surface area contributed by atoms with Crippen molar-refractivity contribution in [3.63, 3.8) is 0 Å². The van der Waals surface area contributed by atoms with Crippen LogP contribution in [-0.2, 0) is 19.1 Å². The summed E-state index contributed by atoms with van der Waals surface area (Å²) in [6.45, 7) is 8.30. The van der Waals surface area contributed by atoms with Crippen LogP contribution in [0.1, 0.15) is 39.0 Å². The maximum absolute atomic E-state index is 11.1. The number of rotatable bonds is 5. The molecular weight excluding hydrogens is 260 g/mol. The van der Waals surface area contributed by atoms with Gasteiger partial charge in [-0.05, 0) is 32.6 Å². The molecule has 114 valence electrons. The van der Waals surface area contributed by atoms with Crippen LogP contribution < -0.4 is 0 Å². The average Bonchev–Trinajstić information content (AvgIpc) is 2.46. The fraction of sp³-hybridized carbons (Fsp3) is 0.600. The van der Waals surface area contributed by atoms with Crippen LogP contribution in [0.4, 0.5) is 0 Å². The topological polar surface area (TPSA) is 72.8 Å². The summed E-state index contributed by atoms with van der Waals surface area (Å²) < 4.78 is 9.55. The van der Waals surface area contributed by atoms with Gasteiger partial charge in [-0.15, -0.1) is 0 Å². The van der Waals surface area contributed by atoms with Gasteiger partial charge in [0.2, 0.25) is 0 Å². The maximum Gasteiger partial charge on any atom is 0.333 e. The molecule has 0 aliphatic heterocycles. The number of hydrogen-bond acceptors (Lipinski definition) is 5. The first kappa shape index (κ1) is 18.4. The van der Waals surface area contributed by atoms with Crippen molar-refractivity contribution in [1.82, 2.24) is 0 Å². The van der Waals surface area contributed by atoms with Crippen LogP contribution in [0.15, 0.2) is 24.8 Å². The number of ether oxygens (including phenoxy) is 2. The van der Waals surface area contributed by atoms with E-state index in [0.29, 0.717) is 5.57 Å². The standard InChI is InChI=1S/C10H16O2.C5H8O3/c1-8(2)10(11)12-9-6-4-3-5-7-9;1-2-5(7)8-4-3-6/h9H,1,3-7H2,2H3;2,6H,1,3-4H2. The van der Waals surface area contributed by atoms with Crippen LogP contribution >= 0.6 is 0 Å². The summed E-state index contributed by atoms with van der Waals surface area (Å²) in [7, 11) is 0. The van der Waals surface area contributed by atoms with Crippen molar-refractivity contribution in [2.75, 3.05) is 13.2 Å². The lowest BCUT2D eigenvalue weighted by Gasteiger charge is -2.21. The molecule has 0 saturated heterocycles. The van der Waals surface area contributed by atoms with E-state index >= 15 is 0 Å². The smallest absolute Gasteiger partial charge is 0.333 e. The van der Waals surface area contributed by atoms with Gasteiger partial charge in [0.15, 0.2) is 0 Å². The first-order valence-corrected chi connectivity index (χ1v) is 6.77. The Morgan fingerprint density at radius 1 is 1.30 bits per heavy atom. The minimum Gasteiger partial charge on any atom is -0.460 e. The second kappa shape index (κ2) is 11.2. The van der Waals surface area contributed by atoms with E-state index < -0.39 is 5.97 Å². The highest BCUT2D eigenvalue weighted by Crippen LogP contribution is 2.20. The summed E-state index contributed by atoms with van der Waals surface area (Å²) in [6.07, 6.45) is 6.92. The van der Waals surface area contributed by atoms with Gasteiger partial charge in [0.05, 0.1) is 6.61 Å². The van der Waals surface area contributed by atoms with Crippen molar-refractivity contribution < 1.29 is 24.2 Å². The zero-order chi connectivity index (χ0) is 15.4. The molecule has 0 amide bonds. The van der Waals surface area contributed by atoms with Crippen LogP contribution in [0.5, 0.6) is 0 Å². The summed E-state index contributed by atoms with van der Waals surface area (Å²) in [5.74, 6) is -0.735. The van der Waals surface area contributed by atoms with E-state index in [-0.39, 0.29) is 25.3 Å². The van der Waals surface area contributed by atoms with Gasteiger partial charge < -0.3 is 14.6 Å². The molecule has 1 aliphatic carbocycles. The largest absolute Gasteiger partial charge is 0.460 e. The molecule has 0 aromatic heterocycles. The first-order chi connectivity index (χ1) is 9.51. The molecule has 5 heteroatoms. The molecule has 1 fully saturated rings. The summed E-state index contributed by atoms with van der Waals surface area (Å²) in [4.78, 5) is 21.2. The second-order valence-electron chi connectivity index (χ2n) is 4.54. The SMILES string of the molecule is C=C(C)C(=O)OC1CCCCC1.C=CC(=O)OCCO. The third-order valence-corrected chi connectivity index (χ3v) is 2.68. The molecular formula is C15H24O5. The predicted octanol–water partition coefficient (Wildman–Crippen LogP) is 2.15. The lowest BCUT2D eigenvalue weighted by Crippen LogP contribution is -2.20. The highest BCUT2D eigenvalue weighted by Gasteiger charge is 2.17. The third kappa shape index (κ3) is 9.33. The number of esters is 2. The fourth-order valence-electron chi connectivity index (χ4n) is 1.64. The Labute approximate surface area is 120 Å². The fourth-order valence-corrected chi connectivity index (χ4v) is 1.64. The Hall–Kier alpha value is -1.62. The van der Waals surface area contributed by atoms with Crippen LogP contribution in [0, 0.1) is 0 Å². The Morgan fingerprint density at radius 2 is 1.90 bits per heavy atom. The molecule has 0 heterocycles. The van der Waals surface area contributed by atoms with E-state index in [2.05, 4.69) is 17.9 Å². The first-order valence-electron chi connectivity index (χ1n) is 6.77. The van der Waals surface area contributed by atoms with Gasteiger partial charge in [-0.25, -0.2) is 9.59 Å². The summed E-state index contributed by atoms with van der Waals surface area (Å²) in [5.41, 5.74) is 0.501. The molecule has 0 aromatic rings. The minimum absolute atomic E-state index is 0.0465. The minimum atomic E-state index is -0.501. The van der Waals surface area contributed by atoms with Crippen molar-refractivity contribution in [1.29, 1.82) is 0 Å². The van der Waals surface area contributed by atoms with Crippen molar-refractivity contribution >= 4 is 11.9 Å². The van der Waals surface area contributed by atoms with Gasteiger partial charge in [0, 0.05) is 11.6 Å². The van der Waals surface area contributed by atoms with Crippen LogP contribution in [-0.4, -0.2) is 36.4 Å². The van der Waals surface area contributed by atoms with E-state index in [4.69, 9.17) is 9.84 Å². The molecule has 1 rings (SSSR count). The lowest BCUT2D eigenvalue weighted by molar-refractivity contribution is -0.145. The molecule has 0 unspecified atom stereocenters. The molecule has 1 aliphatic rings. The Bertz CT molecular complexity index is 329. The van der Waals surface area contributed by atoms with Crippen LogP contribution in [0.2, 0.25) is 0 Å². The monoisotopic (exact) mass is 284 g/mol. The molecule has 0 spiro atoms. The average molecular weight is 284 g/mol. The van der Waals surface area contributed by atoms with Gasteiger partial charge in [0.25, 0.3) is 0 Å². The highest BCUT2D eigenvalue weighted by molar-refractivity contribution is 5.87. The summed E-state index contributed by atoms with van der Waals surface area (Å²) in [6, 6.07) is 0. The zero-order valence-electron chi connectivity index (χ0n) is 12.1. The van der Waals surface area contributed by atoms with Crippen molar-refractivity contribution in [3.8, 4) is 0 Å². The lowest BCUT2D eigenvalue weighted by atomic mass is 9.98. The van der Waals surface area contributed by atoms with Gasteiger partial charge >= 0.3 is 11.9 Å². The van der Waals surface area contributed by atoms with E-state index in [1.54, 1.807) is 6.92 Å². The van der Waals surface area contributed by atoms with E-state index in [1.165, 1.54) is 19.3 Å². The molecule has 20 heavy (non-hydrogen) atoms. The molecule has 1 N–H and O–H groups in total. The number of carbonyl (C=O) groups excluding carboxylic acids is 2. The molecule has 5 nitrogen and oxygen atoms in total. The number of carbonyl (C=O) groups is 2. The van der Waals surface area contributed by atoms with Crippen LogP contribution in [0.25, 0.3) is 0 Å². The van der Waals surface area contributed by atoms with Crippen molar-refractivity contribution in [2.24, 2.45) is 0 Å². The number of aliphatic hydroxyl groups is 1. The third-order valence-electron chi connectivity index (χ3n) is 2.68. The molecule has 0 aromatic carbocycles. The maximum atomic E-state index is 11.1. The molecule has 0 atom stereocenters. The van der Waals surface area contributed by atoms with Gasteiger partial charge in [-0.2, -0.15) is 0 Å². The predicted molar refractivity (Wildman–Crippen MR) is 76.0 cm³/mol. The van der Waals surface area contributed by atoms with Crippen LogP contribution in [0.3, 0.4) is 0 Å². The van der Waals surface area contributed by atoms with Gasteiger partial charge in [0.1, 0.15) is 12.7 Å². The van der Waals surface area contributed by atoms with Crippen molar-refractivity contribution in [2.45, 2.75) is 45.1 Å². The van der Waals surface area contributed by atoms with Crippen molar-refractivity contribution in [3.05, 3.63) is 24.8 Å². The zero-order valence-corrected chi connectivity index (χ0v) is 12.1. The number of aliphatic hydroxyl groups excluding tert-OH is 1. The Morgan fingerprint density at radius 3 is 2.35 bits per heavy atom. The summed E-state index contributed by atoms with van der Waals surface area (Å²) in [5, 5.41) is 8.10. The summed E-state index contributed by atoms with van der Waals surface area (Å²) >= 11 is 0. The Balaban J connectivity index is 0.000000396.